The first-order chi connectivity index (χ1) is 10.3. The molecule has 0 amide bonds. The maximum absolute atomic E-state index is 13.1. The molecule has 1 aromatic carbocycles. The predicted octanol–water partition coefficient (Wildman–Crippen LogP) is 3.01. The molecule has 118 valence electrons. The van der Waals surface area contributed by atoms with E-state index >= 15 is 0 Å². The maximum Gasteiger partial charge on any atom is 0.432 e. The summed E-state index contributed by atoms with van der Waals surface area (Å²) in [5, 5.41) is 10.9. The third kappa shape index (κ3) is 4.41. The molecule has 0 heterocycles. The van der Waals surface area contributed by atoms with E-state index in [9.17, 15) is 18.0 Å². The summed E-state index contributed by atoms with van der Waals surface area (Å²) in [5.74, 6) is -0.882. The summed E-state index contributed by atoms with van der Waals surface area (Å²) in [6.07, 6.45) is -4.92. The molecule has 0 aromatic heterocycles. The normalized spacial score (nSPS) is 12.0. The van der Waals surface area contributed by atoms with E-state index < -0.39 is 23.4 Å². The van der Waals surface area contributed by atoms with Gasteiger partial charge in [0.25, 0.3) is 0 Å². The van der Waals surface area contributed by atoms with Gasteiger partial charge < -0.3 is 14.8 Å². The number of hydrogen-bond acceptors (Lipinski definition) is 5. The molecule has 0 spiro atoms. The molecule has 0 fully saturated rings. The molecule has 22 heavy (non-hydrogen) atoms. The summed E-state index contributed by atoms with van der Waals surface area (Å²) in [6.45, 7) is 1.29. The molecule has 1 rings (SSSR count). The number of allylic oxidation sites excluding steroid dienone is 1. The van der Waals surface area contributed by atoms with Crippen molar-refractivity contribution in [2.45, 2.75) is 13.1 Å². The standard InChI is InChI=1S/C14H13F3N2O3/c1-3-22-13(20)11(8-18)12(14(15,16)17)19-9-4-6-10(21-2)7-5-9/h4-7,19H,3H2,1-2H3. The van der Waals surface area contributed by atoms with Crippen LogP contribution >= 0.6 is 0 Å². The number of alkyl halides is 3. The Morgan fingerprint density at radius 3 is 2.32 bits per heavy atom. The van der Waals surface area contributed by atoms with Crippen LogP contribution in [0.15, 0.2) is 35.5 Å². The topological polar surface area (TPSA) is 71.4 Å². The molecule has 0 aliphatic rings. The largest absolute Gasteiger partial charge is 0.497 e. The van der Waals surface area contributed by atoms with Crippen molar-refractivity contribution in [3.05, 3.63) is 35.5 Å². The van der Waals surface area contributed by atoms with Gasteiger partial charge in [0.1, 0.15) is 17.5 Å². The molecular formula is C14H13F3N2O3. The van der Waals surface area contributed by atoms with Crippen molar-refractivity contribution in [2.24, 2.45) is 0 Å². The van der Waals surface area contributed by atoms with Crippen molar-refractivity contribution in [1.82, 2.24) is 0 Å². The number of methoxy groups -OCH3 is 1. The van der Waals surface area contributed by atoms with Crippen LogP contribution in [0.1, 0.15) is 6.92 Å². The molecule has 0 saturated heterocycles. The van der Waals surface area contributed by atoms with Gasteiger partial charge in [-0.1, -0.05) is 0 Å². The highest BCUT2D eigenvalue weighted by Crippen LogP contribution is 2.30. The number of carbonyl (C=O) groups excluding carboxylic acids is 1. The first-order valence-corrected chi connectivity index (χ1v) is 6.13. The van der Waals surface area contributed by atoms with Crippen LogP contribution in [0.4, 0.5) is 18.9 Å². The van der Waals surface area contributed by atoms with E-state index in [1.165, 1.54) is 44.4 Å². The Labute approximate surface area is 124 Å². The number of rotatable bonds is 5. The van der Waals surface area contributed by atoms with E-state index in [0.717, 1.165) is 0 Å². The van der Waals surface area contributed by atoms with Crippen LogP contribution in [0, 0.1) is 11.3 Å². The number of anilines is 1. The Morgan fingerprint density at radius 1 is 1.32 bits per heavy atom. The Kier molecular flexibility index (Phi) is 5.81. The Morgan fingerprint density at radius 2 is 1.91 bits per heavy atom. The minimum Gasteiger partial charge on any atom is -0.497 e. The lowest BCUT2D eigenvalue weighted by Crippen LogP contribution is -2.24. The van der Waals surface area contributed by atoms with Crippen molar-refractivity contribution < 1.29 is 27.4 Å². The van der Waals surface area contributed by atoms with Gasteiger partial charge >= 0.3 is 12.1 Å². The second-order valence-electron chi connectivity index (χ2n) is 3.93. The van der Waals surface area contributed by atoms with E-state index in [4.69, 9.17) is 10.00 Å². The molecule has 1 N–H and O–H groups in total. The van der Waals surface area contributed by atoms with Crippen molar-refractivity contribution in [3.8, 4) is 11.8 Å². The molecular weight excluding hydrogens is 301 g/mol. The van der Waals surface area contributed by atoms with E-state index in [-0.39, 0.29) is 12.3 Å². The molecule has 0 saturated carbocycles. The molecule has 1 aromatic rings. The number of carbonyl (C=O) groups is 1. The minimum absolute atomic E-state index is 0.0465. The van der Waals surface area contributed by atoms with Crippen LogP contribution in [-0.2, 0) is 9.53 Å². The fourth-order valence-corrected chi connectivity index (χ4v) is 1.50. The van der Waals surface area contributed by atoms with Gasteiger partial charge in [-0.25, -0.2) is 4.79 Å². The second-order valence-corrected chi connectivity index (χ2v) is 3.93. The smallest absolute Gasteiger partial charge is 0.432 e. The third-order valence-electron chi connectivity index (χ3n) is 2.48. The Hall–Kier alpha value is -2.69. The first-order valence-electron chi connectivity index (χ1n) is 6.13. The zero-order valence-corrected chi connectivity index (χ0v) is 11.8. The zero-order chi connectivity index (χ0) is 16.8. The second kappa shape index (κ2) is 7.36. The lowest BCUT2D eigenvalue weighted by atomic mass is 10.2. The van der Waals surface area contributed by atoms with Gasteiger partial charge in [-0.3, -0.25) is 0 Å². The molecule has 0 radical (unpaired) electrons. The molecule has 8 heteroatoms. The van der Waals surface area contributed by atoms with Gasteiger partial charge in [-0.2, -0.15) is 18.4 Å². The number of nitriles is 1. The molecule has 0 atom stereocenters. The van der Waals surface area contributed by atoms with Crippen molar-refractivity contribution in [3.63, 3.8) is 0 Å². The van der Waals surface area contributed by atoms with Crippen molar-refractivity contribution >= 4 is 11.7 Å². The van der Waals surface area contributed by atoms with Crippen LogP contribution in [-0.4, -0.2) is 25.9 Å². The number of nitrogens with zero attached hydrogens (tertiary/aromatic N) is 1. The van der Waals surface area contributed by atoms with E-state index in [2.05, 4.69) is 4.74 Å². The summed E-state index contributed by atoms with van der Waals surface area (Å²) in [4.78, 5) is 11.5. The zero-order valence-electron chi connectivity index (χ0n) is 11.8. The van der Waals surface area contributed by atoms with Gasteiger partial charge in [-0.05, 0) is 31.2 Å². The minimum atomic E-state index is -4.92. The number of benzene rings is 1. The van der Waals surface area contributed by atoms with Crippen molar-refractivity contribution in [2.75, 3.05) is 19.0 Å². The van der Waals surface area contributed by atoms with Gasteiger partial charge in [-0.15, -0.1) is 0 Å². The van der Waals surface area contributed by atoms with Gasteiger partial charge in [0, 0.05) is 5.69 Å². The number of halogens is 3. The summed E-state index contributed by atoms with van der Waals surface area (Å²) < 4.78 is 48.6. The highest BCUT2D eigenvalue weighted by molar-refractivity contribution is 5.94. The van der Waals surface area contributed by atoms with Crippen LogP contribution in [0.25, 0.3) is 0 Å². The number of esters is 1. The van der Waals surface area contributed by atoms with E-state index in [0.29, 0.717) is 5.75 Å². The fourth-order valence-electron chi connectivity index (χ4n) is 1.50. The number of nitrogens with one attached hydrogen (secondary N) is 1. The van der Waals surface area contributed by atoms with Crippen LogP contribution in [0.2, 0.25) is 0 Å². The summed E-state index contributed by atoms with van der Waals surface area (Å²) >= 11 is 0. The van der Waals surface area contributed by atoms with Crippen molar-refractivity contribution in [1.29, 1.82) is 5.26 Å². The number of ether oxygens (including phenoxy) is 2. The summed E-state index contributed by atoms with van der Waals surface area (Å²) in [7, 11) is 1.41. The van der Waals surface area contributed by atoms with Crippen LogP contribution in [0.5, 0.6) is 5.75 Å². The molecule has 0 bridgehead atoms. The number of hydrogen-bond donors (Lipinski definition) is 1. The summed E-state index contributed by atoms with van der Waals surface area (Å²) in [5.41, 5.74) is -2.56. The first kappa shape index (κ1) is 17.4. The molecule has 0 unspecified atom stereocenters. The monoisotopic (exact) mass is 314 g/mol. The van der Waals surface area contributed by atoms with E-state index in [1.54, 1.807) is 0 Å². The predicted molar refractivity (Wildman–Crippen MR) is 71.9 cm³/mol. The molecule has 0 aliphatic carbocycles. The van der Waals surface area contributed by atoms with Gasteiger partial charge in [0.15, 0.2) is 5.57 Å². The SMILES string of the molecule is CCOC(=O)C(C#N)=C(Nc1ccc(OC)cc1)C(F)(F)F. The lowest BCUT2D eigenvalue weighted by Gasteiger charge is -2.16. The highest BCUT2D eigenvalue weighted by Gasteiger charge is 2.39. The average molecular weight is 314 g/mol. The lowest BCUT2D eigenvalue weighted by molar-refractivity contribution is -0.139. The van der Waals surface area contributed by atoms with Crippen LogP contribution in [0.3, 0.4) is 0 Å². The summed E-state index contributed by atoms with van der Waals surface area (Å²) in [6, 6.07) is 6.76. The maximum atomic E-state index is 13.1. The fraction of sp³-hybridized carbons (Fsp3) is 0.286. The van der Waals surface area contributed by atoms with Gasteiger partial charge in [0.2, 0.25) is 0 Å². The molecule has 0 aliphatic heterocycles. The quantitative estimate of drug-likeness (QED) is 0.514. The highest BCUT2D eigenvalue weighted by atomic mass is 19.4. The Balaban J connectivity index is 3.22. The van der Waals surface area contributed by atoms with Gasteiger partial charge in [0.05, 0.1) is 13.7 Å². The van der Waals surface area contributed by atoms with E-state index in [1.807, 2.05) is 5.32 Å². The molecule has 5 nitrogen and oxygen atoms in total. The third-order valence-corrected chi connectivity index (χ3v) is 2.48. The van der Waals surface area contributed by atoms with Crippen LogP contribution < -0.4 is 10.1 Å². The average Bonchev–Trinajstić information content (AvgIpc) is 2.47. The Bertz CT molecular complexity index is 601.